The minimum Gasteiger partial charge on any atom is -0.449 e. The van der Waals surface area contributed by atoms with Gasteiger partial charge in [0.25, 0.3) is 0 Å². The Labute approximate surface area is 175 Å². The zero-order valence-corrected chi connectivity index (χ0v) is 16.8. The number of nitrogens with one attached hydrogen (secondary N) is 2. The van der Waals surface area contributed by atoms with Crippen LogP contribution >= 0.6 is 0 Å². The van der Waals surface area contributed by atoms with Crippen LogP contribution in [0.1, 0.15) is 29.7 Å². The summed E-state index contributed by atoms with van der Waals surface area (Å²) in [4.78, 5) is 12.5. The second-order valence-electron chi connectivity index (χ2n) is 7.79. The highest BCUT2D eigenvalue weighted by atomic mass is 16.5. The van der Waals surface area contributed by atoms with Gasteiger partial charge in [0.05, 0.1) is 5.52 Å². The van der Waals surface area contributed by atoms with Crippen molar-refractivity contribution in [2.24, 2.45) is 0 Å². The first-order valence-corrected chi connectivity index (χ1v) is 10.2. The molecule has 1 aromatic heterocycles. The molecule has 5 rings (SSSR count). The summed E-state index contributed by atoms with van der Waals surface area (Å²) in [6.07, 6.45) is 0.262. The molecule has 5 nitrogen and oxygen atoms in total. The number of hydrogen-bond donors (Lipinski definition) is 2. The number of rotatable bonds is 5. The number of carbonyl (C=O) groups excluding carboxylic acids is 1. The fourth-order valence-electron chi connectivity index (χ4n) is 4.37. The number of fused-ring (bicyclic) bond motifs is 4. The summed E-state index contributed by atoms with van der Waals surface area (Å²) < 4.78 is 5.64. The minimum atomic E-state index is -0.395. The van der Waals surface area contributed by atoms with Crippen LogP contribution in [0.5, 0.6) is 0 Å². The highest BCUT2D eigenvalue weighted by Gasteiger charge is 2.29. The lowest BCUT2D eigenvalue weighted by Crippen LogP contribution is -2.35. The number of benzene rings is 3. The van der Waals surface area contributed by atoms with E-state index in [-0.39, 0.29) is 12.0 Å². The molecule has 0 fully saturated rings. The number of hydrogen-bond acceptors (Lipinski definition) is 3. The van der Waals surface area contributed by atoms with Crippen LogP contribution in [-0.4, -0.2) is 28.9 Å². The van der Waals surface area contributed by atoms with E-state index in [0.29, 0.717) is 13.0 Å². The molecule has 0 spiro atoms. The Morgan fingerprint density at radius 2 is 1.63 bits per heavy atom. The van der Waals surface area contributed by atoms with E-state index in [1.807, 2.05) is 55.5 Å². The SMILES string of the molecule is CC(Cc1[nH]nc2ccccc12)NC(=O)OCC1c2ccccc2-c2ccccc21. The molecule has 0 aliphatic heterocycles. The van der Waals surface area contributed by atoms with E-state index < -0.39 is 6.09 Å². The zero-order chi connectivity index (χ0) is 20.5. The van der Waals surface area contributed by atoms with Gasteiger partial charge in [0.2, 0.25) is 0 Å². The molecule has 3 aromatic carbocycles. The molecule has 2 N–H and O–H groups in total. The topological polar surface area (TPSA) is 67.0 Å². The molecule has 1 heterocycles. The van der Waals surface area contributed by atoms with Crippen molar-refractivity contribution in [3.63, 3.8) is 0 Å². The van der Waals surface area contributed by atoms with E-state index in [2.05, 4.69) is 39.8 Å². The Morgan fingerprint density at radius 3 is 2.37 bits per heavy atom. The average Bonchev–Trinajstić information content (AvgIpc) is 3.31. The van der Waals surface area contributed by atoms with Crippen molar-refractivity contribution in [2.75, 3.05) is 6.61 Å². The van der Waals surface area contributed by atoms with Gasteiger partial charge < -0.3 is 10.1 Å². The first kappa shape index (κ1) is 18.4. The summed E-state index contributed by atoms with van der Waals surface area (Å²) in [5.41, 5.74) is 6.81. The molecule has 0 bridgehead atoms. The van der Waals surface area contributed by atoms with E-state index in [1.165, 1.54) is 22.3 Å². The summed E-state index contributed by atoms with van der Waals surface area (Å²) in [6, 6.07) is 24.5. The molecule has 1 aliphatic rings. The van der Waals surface area contributed by atoms with Crippen LogP contribution in [-0.2, 0) is 11.2 Å². The quantitative estimate of drug-likeness (QED) is 0.496. The maximum atomic E-state index is 12.5. The normalized spacial score (nSPS) is 13.6. The number of aromatic amines is 1. The van der Waals surface area contributed by atoms with Crippen LogP contribution in [0, 0.1) is 0 Å². The van der Waals surface area contributed by atoms with Crippen molar-refractivity contribution in [1.29, 1.82) is 0 Å². The highest BCUT2D eigenvalue weighted by molar-refractivity contribution is 5.81. The molecule has 1 unspecified atom stereocenters. The first-order chi connectivity index (χ1) is 14.7. The lowest BCUT2D eigenvalue weighted by molar-refractivity contribution is 0.139. The van der Waals surface area contributed by atoms with Crippen molar-refractivity contribution < 1.29 is 9.53 Å². The number of ether oxygens (including phenoxy) is 1. The Balaban J connectivity index is 1.23. The van der Waals surface area contributed by atoms with Gasteiger partial charge in [-0.3, -0.25) is 5.10 Å². The largest absolute Gasteiger partial charge is 0.449 e. The molecule has 150 valence electrons. The molecule has 4 aromatic rings. The van der Waals surface area contributed by atoms with Crippen LogP contribution in [0.3, 0.4) is 0 Å². The van der Waals surface area contributed by atoms with E-state index in [9.17, 15) is 4.79 Å². The fraction of sp³-hybridized carbons (Fsp3) is 0.200. The van der Waals surface area contributed by atoms with Crippen LogP contribution in [0.2, 0.25) is 0 Å². The minimum absolute atomic E-state index is 0.0648. The summed E-state index contributed by atoms with van der Waals surface area (Å²) >= 11 is 0. The third-order valence-electron chi connectivity index (χ3n) is 5.76. The van der Waals surface area contributed by atoms with Gasteiger partial charge in [-0.1, -0.05) is 66.7 Å². The predicted octanol–water partition coefficient (Wildman–Crippen LogP) is 5.03. The number of nitrogens with zero attached hydrogens (tertiary/aromatic N) is 1. The van der Waals surface area contributed by atoms with Crippen molar-refractivity contribution in [3.05, 3.63) is 89.6 Å². The molecular weight excluding hydrogens is 374 g/mol. The molecule has 1 amide bonds. The van der Waals surface area contributed by atoms with Crippen molar-refractivity contribution in [2.45, 2.75) is 25.3 Å². The number of H-pyrrole nitrogens is 1. The van der Waals surface area contributed by atoms with Gasteiger partial charge in [-0.05, 0) is 35.2 Å². The zero-order valence-electron chi connectivity index (χ0n) is 16.8. The smallest absolute Gasteiger partial charge is 0.407 e. The number of aromatic nitrogens is 2. The summed E-state index contributed by atoms with van der Waals surface area (Å²) in [6.45, 7) is 2.29. The molecule has 0 saturated heterocycles. The highest BCUT2D eigenvalue weighted by Crippen LogP contribution is 2.44. The Morgan fingerprint density at radius 1 is 1.00 bits per heavy atom. The molecule has 5 heteroatoms. The Hall–Kier alpha value is -3.60. The van der Waals surface area contributed by atoms with Crippen LogP contribution in [0.4, 0.5) is 4.79 Å². The molecule has 0 saturated carbocycles. The number of alkyl carbamates (subject to hydrolysis) is 1. The lowest BCUT2D eigenvalue weighted by Gasteiger charge is -2.17. The predicted molar refractivity (Wildman–Crippen MR) is 117 cm³/mol. The lowest BCUT2D eigenvalue weighted by atomic mass is 9.98. The fourth-order valence-corrected chi connectivity index (χ4v) is 4.37. The van der Waals surface area contributed by atoms with E-state index >= 15 is 0 Å². The summed E-state index contributed by atoms with van der Waals surface area (Å²) in [5, 5.41) is 11.4. The second kappa shape index (κ2) is 7.67. The van der Waals surface area contributed by atoms with Crippen LogP contribution in [0.25, 0.3) is 22.0 Å². The number of para-hydroxylation sites is 1. The van der Waals surface area contributed by atoms with Gasteiger partial charge in [-0.15, -0.1) is 0 Å². The van der Waals surface area contributed by atoms with E-state index in [0.717, 1.165) is 16.6 Å². The Bertz CT molecular complexity index is 1170. The Kier molecular flexibility index (Phi) is 4.71. The van der Waals surface area contributed by atoms with Crippen molar-refractivity contribution in [3.8, 4) is 11.1 Å². The second-order valence-corrected chi connectivity index (χ2v) is 7.79. The molecule has 0 radical (unpaired) electrons. The number of amides is 1. The van der Waals surface area contributed by atoms with Gasteiger partial charge >= 0.3 is 6.09 Å². The molecule has 1 atom stereocenters. The monoisotopic (exact) mass is 397 g/mol. The first-order valence-electron chi connectivity index (χ1n) is 10.2. The average molecular weight is 397 g/mol. The maximum absolute atomic E-state index is 12.5. The van der Waals surface area contributed by atoms with Crippen molar-refractivity contribution >= 4 is 17.0 Å². The van der Waals surface area contributed by atoms with Gasteiger partial charge in [0.1, 0.15) is 6.61 Å². The van der Waals surface area contributed by atoms with Crippen LogP contribution in [0.15, 0.2) is 72.8 Å². The number of carbonyl (C=O) groups is 1. The van der Waals surface area contributed by atoms with Crippen molar-refractivity contribution in [1.82, 2.24) is 15.5 Å². The standard InChI is InChI=1S/C25H23N3O2/c1-16(14-24-21-12-6-7-13-23(21)27-28-24)26-25(29)30-15-22-19-10-4-2-8-17(19)18-9-3-5-11-20(18)22/h2-13,16,22H,14-15H2,1H3,(H,26,29)(H,27,28). The third kappa shape index (κ3) is 3.32. The van der Waals surface area contributed by atoms with Gasteiger partial charge in [0, 0.05) is 29.5 Å². The van der Waals surface area contributed by atoms with E-state index in [4.69, 9.17) is 4.74 Å². The summed E-state index contributed by atoms with van der Waals surface area (Å²) in [7, 11) is 0. The van der Waals surface area contributed by atoms with Crippen LogP contribution < -0.4 is 5.32 Å². The molecular formula is C25H23N3O2. The van der Waals surface area contributed by atoms with Gasteiger partial charge in [-0.25, -0.2) is 4.79 Å². The van der Waals surface area contributed by atoms with Gasteiger partial charge in [0.15, 0.2) is 0 Å². The van der Waals surface area contributed by atoms with E-state index in [1.54, 1.807) is 0 Å². The van der Waals surface area contributed by atoms with Gasteiger partial charge in [-0.2, -0.15) is 5.10 Å². The molecule has 1 aliphatic carbocycles. The molecule has 30 heavy (non-hydrogen) atoms. The maximum Gasteiger partial charge on any atom is 0.407 e. The third-order valence-corrected chi connectivity index (χ3v) is 5.76. The summed E-state index contributed by atoms with van der Waals surface area (Å²) in [5.74, 6) is 0.0648.